The number of hydrogen-bond donors (Lipinski definition) is 2. The zero-order valence-electron chi connectivity index (χ0n) is 18.1. The molecule has 0 spiro atoms. The molecule has 3 aromatic rings. The number of hydrogen-bond acceptors (Lipinski definition) is 4. The van der Waals surface area contributed by atoms with Crippen LogP contribution in [0.4, 0.5) is 5.69 Å². The SMILES string of the molecule is CNC(=O)c1c(OCc2ccccc2)c(=O)cc(CN(c2cccc(C)c2)S(=O)O)n1C. The van der Waals surface area contributed by atoms with Crippen LogP contribution in [-0.4, -0.2) is 26.3 Å². The second-order valence-corrected chi connectivity index (χ2v) is 8.10. The Bertz CT molecular complexity index is 1190. The van der Waals surface area contributed by atoms with Crippen molar-refractivity contribution in [3.63, 3.8) is 0 Å². The van der Waals surface area contributed by atoms with Gasteiger partial charge in [-0.15, -0.1) is 0 Å². The smallest absolute Gasteiger partial charge is 0.271 e. The molecule has 0 bridgehead atoms. The average Bonchev–Trinajstić information content (AvgIpc) is 2.78. The monoisotopic (exact) mass is 455 g/mol. The number of amides is 1. The maximum Gasteiger partial charge on any atom is 0.271 e. The number of nitrogens with zero attached hydrogens (tertiary/aromatic N) is 2. The number of carbonyl (C=O) groups excluding carboxylic acids is 1. The van der Waals surface area contributed by atoms with E-state index in [0.717, 1.165) is 11.1 Å². The molecule has 1 aromatic heterocycles. The van der Waals surface area contributed by atoms with Crippen LogP contribution in [0.1, 0.15) is 27.3 Å². The van der Waals surface area contributed by atoms with E-state index in [4.69, 9.17) is 4.74 Å². The predicted octanol–water partition coefficient (Wildman–Crippen LogP) is 2.78. The van der Waals surface area contributed by atoms with Gasteiger partial charge in [-0.25, -0.2) is 4.21 Å². The summed E-state index contributed by atoms with van der Waals surface area (Å²) < 4.78 is 30.4. The van der Waals surface area contributed by atoms with E-state index in [1.54, 1.807) is 25.2 Å². The quantitative estimate of drug-likeness (QED) is 0.509. The highest BCUT2D eigenvalue weighted by Crippen LogP contribution is 2.22. The van der Waals surface area contributed by atoms with Gasteiger partial charge in [0.05, 0.1) is 12.2 Å². The van der Waals surface area contributed by atoms with Crippen molar-refractivity contribution >= 4 is 22.9 Å². The summed E-state index contributed by atoms with van der Waals surface area (Å²) in [6, 6.07) is 17.7. The first kappa shape index (κ1) is 23.2. The van der Waals surface area contributed by atoms with Gasteiger partial charge in [0.15, 0.2) is 11.4 Å². The maximum atomic E-state index is 12.9. The molecule has 168 valence electrons. The van der Waals surface area contributed by atoms with E-state index in [0.29, 0.717) is 11.4 Å². The minimum absolute atomic E-state index is 0.0406. The minimum Gasteiger partial charge on any atom is -0.483 e. The molecule has 2 N–H and O–H groups in total. The van der Waals surface area contributed by atoms with Crippen molar-refractivity contribution in [1.82, 2.24) is 9.88 Å². The second kappa shape index (κ2) is 10.3. The number of carbonyl (C=O) groups is 1. The molecule has 0 aliphatic rings. The Labute approximate surface area is 188 Å². The van der Waals surface area contributed by atoms with Gasteiger partial charge in [0.25, 0.3) is 17.2 Å². The first-order valence-electron chi connectivity index (χ1n) is 9.88. The average molecular weight is 456 g/mol. The molecule has 9 heteroatoms. The maximum absolute atomic E-state index is 12.9. The highest BCUT2D eigenvalue weighted by molar-refractivity contribution is 7.80. The largest absolute Gasteiger partial charge is 0.483 e. The van der Waals surface area contributed by atoms with Crippen LogP contribution in [0.5, 0.6) is 5.75 Å². The summed E-state index contributed by atoms with van der Waals surface area (Å²) in [4.78, 5) is 25.6. The third-order valence-corrected chi connectivity index (χ3v) is 5.67. The Balaban J connectivity index is 2.01. The number of aryl methyl sites for hydroxylation is 1. The number of pyridine rings is 1. The normalized spacial score (nSPS) is 11.6. The summed E-state index contributed by atoms with van der Waals surface area (Å²) in [5, 5.41) is 2.53. The molecule has 0 aliphatic heterocycles. The van der Waals surface area contributed by atoms with E-state index in [2.05, 4.69) is 5.32 Å². The first-order valence-corrected chi connectivity index (χ1v) is 10.9. The topological polar surface area (TPSA) is 101 Å². The first-order chi connectivity index (χ1) is 15.3. The third-order valence-electron chi connectivity index (χ3n) is 4.95. The van der Waals surface area contributed by atoms with E-state index in [-0.39, 0.29) is 24.6 Å². The Morgan fingerprint density at radius 3 is 2.50 bits per heavy atom. The van der Waals surface area contributed by atoms with Crippen LogP contribution in [0.25, 0.3) is 0 Å². The standard InChI is InChI=1S/C23H25N3O5S/c1-16-8-7-11-18(12-16)26(32(29)30)14-19-13-20(27)22(21(25(19)3)23(28)24-2)31-15-17-9-5-4-6-10-17/h4-13H,14-15H2,1-3H3,(H,24,28)(H,29,30). The molecule has 0 aliphatic carbocycles. The van der Waals surface area contributed by atoms with Crippen LogP contribution in [0.2, 0.25) is 0 Å². The van der Waals surface area contributed by atoms with Gasteiger partial charge in [-0.1, -0.05) is 42.5 Å². The Morgan fingerprint density at radius 1 is 1.16 bits per heavy atom. The van der Waals surface area contributed by atoms with Gasteiger partial charge in [-0.05, 0) is 30.2 Å². The summed E-state index contributed by atoms with van der Waals surface area (Å²) in [7, 11) is 3.08. The molecular formula is C23H25N3O5S. The molecule has 1 unspecified atom stereocenters. The van der Waals surface area contributed by atoms with Gasteiger partial charge in [-0.2, -0.15) is 0 Å². The Morgan fingerprint density at radius 2 is 1.88 bits per heavy atom. The van der Waals surface area contributed by atoms with Crippen LogP contribution in [0, 0.1) is 6.92 Å². The van der Waals surface area contributed by atoms with Gasteiger partial charge in [0.2, 0.25) is 5.43 Å². The molecule has 0 radical (unpaired) electrons. The number of benzene rings is 2. The number of rotatable bonds is 8. The van der Waals surface area contributed by atoms with Crippen molar-refractivity contribution in [2.24, 2.45) is 7.05 Å². The van der Waals surface area contributed by atoms with E-state index in [1.165, 1.54) is 22.0 Å². The predicted molar refractivity (Wildman–Crippen MR) is 124 cm³/mol. The van der Waals surface area contributed by atoms with Crippen LogP contribution in [0.3, 0.4) is 0 Å². The van der Waals surface area contributed by atoms with Gasteiger partial charge in [0, 0.05) is 25.9 Å². The summed E-state index contributed by atoms with van der Waals surface area (Å²) in [6.07, 6.45) is 0. The summed E-state index contributed by atoms with van der Waals surface area (Å²) in [6.45, 7) is 1.93. The fourth-order valence-corrected chi connectivity index (χ4v) is 3.82. The summed E-state index contributed by atoms with van der Waals surface area (Å²) in [5.74, 6) is -0.576. The number of aromatic nitrogens is 1. The second-order valence-electron chi connectivity index (χ2n) is 7.20. The minimum atomic E-state index is -2.34. The van der Waals surface area contributed by atoms with E-state index in [1.807, 2.05) is 43.3 Å². The molecule has 0 saturated carbocycles. The molecule has 1 amide bonds. The van der Waals surface area contributed by atoms with Crippen LogP contribution in [-0.2, 0) is 31.5 Å². The zero-order valence-corrected chi connectivity index (χ0v) is 18.9. The summed E-state index contributed by atoms with van der Waals surface area (Å²) in [5.41, 5.74) is 2.22. The van der Waals surface area contributed by atoms with Gasteiger partial charge < -0.3 is 14.6 Å². The molecule has 3 rings (SSSR count). The lowest BCUT2D eigenvalue weighted by molar-refractivity contribution is 0.0948. The lowest BCUT2D eigenvalue weighted by Crippen LogP contribution is -2.32. The van der Waals surface area contributed by atoms with Crippen LogP contribution >= 0.6 is 0 Å². The highest BCUT2D eigenvalue weighted by atomic mass is 32.2. The van der Waals surface area contributed by atoms with Crippen molar-refractivity contribution in [2.75, 3.05) is 11.4 Å². The fraction of sp³-hybridized carbons (Fsp3) is 0.217. The van der Waals surface area contributed by atoms with E-state index in [9.17, 15) is 18.4 Å². The molecule has 8 nitrogen and oxygen atoms in total. The molecule has 1 atom stereocenters. The van der Waals surface area contributed by atoms with Gasteiger partial charge in [-0.3, -0.25) is 18.4 Å². The van der Waals surface area contributed by atoms with Crippen molar-refractivity contribution in [3.8, 4) is 5.75 Å². The zero-order chi connectivity index (χ0) is 23.3. The lowest BCUT2D eigenvalue weighted by Gasteiger charge is -2.23. The summed E-state index contributed by atoms with van der Waals surface area (Å²) >= 11 is -2.34. The van der Waals surface area contributed by atoms with Crippen molar-refractivity contribution in [3.05, 3.63) is 93.4 Å². The molecule has 2 aromatic carbocycles. The third kappa shape index (κ3) is 5.24. The Kier molecular flexibility index (Phi) is 7.45. The molecule has 0 saturated heterocycles. The van der Waals surface area contributed by atoms with Gasteiger partial charge in [0.1, 0.15) is 6.61 Å². The molecule has 0 fully saturated rings. The van der Waals surface area contributed by atoms with Crippen molar-refractivity contribution < 1.29 is 18.3 Å². The highest BCUT2D eigenvalue weighted by Gasteiger charge is 2.23. The lowest BCUT2D eigenvalue weighted by atomic mass is 10.2. The number of anilines is 1. The Hall–Kier alpha value is -3.43. The molecule has 1 heterocycles. The number of nitrogens with one attached hydrogen (secondary N) is 1. The van der Waals surface area contributed by atoms with Gasteiger partial charge >= 0.3 is 0 Å². The van der Waals surface area contributed by atoms with Crippen LogP contribution < -0.4 is 19.8 Å². The molecule has 32 heavy (non-hydrogen) atoms. The number of ether oxygens (including phenoxy) is 1. The van der Waals surface area contributed by atoms with Crippen LogP contribution in [0.15, 0.2) is 65.5 Å². The molecular weight excluding hydrogens is 430 g/mol. The van der Waals surface area contributed by atoms with Crippen molar-refractivity contribution in [1.29, 1.82) is 0 Å². The van der Waals surface area contributed by atoms with Crippen molar-refractivity contribution in [2.45, 2.75) is 20.1 Å². The van der Waals surface area contributed by atoms with E-state index < -0.39 is 22.6 Å². The fourth-order valence-electron chi connectivity index (χ4n) is 3.29. The van der Waals surface area contributed by atoms with E-state index >= 15 is 0 Å².